The summed E-state index contributed by atoms with van der Waals surface area (Å²) < 4.78 is 5.23. The number of ether oxygens (including phenoxy) is 1. The second-order valence-corrected chi connectivity index (χ2v) is 7.58. The lowest BCUT2D eigenvalue weighted by Gasteiger charge is -2.19. The van der Waals surface area contributed by atoms with Crippen molar-refractivity contribution in [1.82, 2.24) is 10.2 Å². The van der Waals surface area contributed by atoms with Crippen LogP contribution in [0.1, 0.15) is 31.2 Å². The maximum Gasteiger partial charge on any atom is 0.240 e. The number of carbonyl (C=O) groups is 3. The van der Waals surface area contributed by atoms with Crippen LogP contribution in [0.3, 0.4) is 0 Å². The summed E-state index contributed by atoms with van der Waals surface area (Å²) >= 11 is 0. The van der Waals surface area contributed by atoms with Crippen LogP contribution in [0.2, 0.25) is 0 Å². The van der Waals surface area contributed by atoms with Gasteiger partial charge in [-0.05, 0) is 47.4 Å². The first-order valence-electron chi connectivity index (χ1n) is 9.75. The molecule has 1 heterocycles. The quantitative estimate of drug-likeness (QED) is 0.809. The summed E-state index contributed by atoms with van der Waals surface area (Å²) in [6, 6.07) is 11.8. The Labute approximate surface area is 163 Å². The average molecular weight is 380 g/mol. The van der Waals surface area contributed by atoms with Gasteiger partial charge in [0.1, 0.15) is 12.3 Å². The van der Waals surface area contributed by atoms with E-state index < -0.39 is 0 Å². The third kappa shape index (κ3) is 3.46. The monoisotopic (exact) mass is 380 g/mol. The minimum absolute atomic E-state index is 0.176. The summed E-state index contributed by atoms with van der Waals surface area (Å²) in [5, 5.41) is 4.94. The number of methoxy groups -OCH3 is 1. The second kappa shape index (κ2) is 7.62. The lowest BCUT2D eigenvalue weighted by molar-refractivity contribution is -0.143. The Kier molecular flexibility index (Phi) is 5.03. The van der Waals surface area contributed by atoms with Crippen molar-refractivity contribution in [3.63, 3.8) is 0 Å². The number of benzene rings is 2. The van der Waals surface area contributed by atoms with Crippen molar-refractivity contribution in [2.45, 2.75) is 32.2 Å². The van der Waals surface area contributed by atoms with Gasteiger partial charge in [-0.3, -0.25) is 19.3 Å². The molecule has 4 rings (SSSR count). The van der Waals surface area contributed by atoms with Crippen LogP contribution in [0.25, 0.3) is 10.8 Å². The van der Waals surface area contributed by atoms with E-state index in [-0.39, 0.29) is 36.1 Å². The molecular formula is C22H24N2O4. The van der Waals surface area contributed by atoms with Crippen LogP contribution < -0.4 is 10.1 Å². The van der Waals surface area contributed by atoms with Crippen LogP contribution >= 0.6 is 0 Å². The minimum atomic E-state index is -0.310. The lowest BCUT2D eigenvalue weighted by Crippen LogP contribution is -2.40. The number of hydrogen-bond donors (Lipinski definition) is 1. The molecule has 28 heavy (non-hydrogen) atoms. The smallest absolute Gasteiger partial charge is 0.240 e. The molecule has 0 aromatic heterocycles. The van der Waals surface area contributed by atoms with E-state index in [4.69, 9.17) is 4.74 Å². The van der Waals surface area contributed by atoms with Crippen molar-refractivity contribution in [3.8, 4) is 5.75 Å². The van der Waals surface area contributed by atoms with Crippen molar-refractivity contribution in [1.29, 1.82) is 0 Å². The molecule has 1 N–H and O–H groups in total. The van der Waals surface area contributed by atoms with E-state index >= 15 is 0 Å². The first-order valence-corrected chi connectivity index (χ1v) is 9.75. The molecule has 2 aromatic carbocycles. The van der Waals surface area contributed by atoms with Gasteiger partial charge in [-0.2, -0.15) is 0 Å². The van der Waals surface area contributed by atoms with Gasteiger partial charge in [0.05, 0.1) is 18.9 Å². The Morgan fingerprint density at radius 3 is 2.36 bits per heavy atom. The molecule has 1 saturated heterocycles. The number of fused-ring (bicyclic) bond motifs is 2. The van der Waals surface area contributed by atoms with E-state index in [1.54, 1.807) is 7.11 Å². The van der Waals surface area contributed by atoms with E-state index in [2.05, 4.69) is 5.32 Å². The Balaban J connectivity index is 1.37. The van der Waals surface area contributed by atoms with Gasteiger partial charge >= 0.3 is 0 Å². The largest absolute Gasteiger partial charge is 0.497 e. The number of imide groups is 1. The number of hydrogen-bond acceptors (Lipinski definition) is 4. The topological polar surface area (TPSA) is 75.7 Å². The second-order valence-electron chi connectivity index (χ2n) is 7.58. The zero-order chi connectivity index (χ0) is 19.7. The van der Waals surface area contributed by atoms with E-state index in [1.807, 2.05) is 36.4 Å². The summed E-state index contributed by atoms with van der Waals surface area (Å²) in [6.07, 6.45) is 3.48. The molecule has 1 aliphatic carbocycles. The predicted octanol–water partition coefficient (Wildman–Crippen LogP) is 2.64. The molecule has 1 saturated carbocycles. The molecular weight excluding hydrogens is 356 g/mol. The molecule has 1 aliphatic heterocycles. The highest BCUT2D eigenvalue weighted by atomic mass is 16.5. The lowest BCUT2D eigenvalue weighted by atomic mass is 9.81. The molecule has 3 amide bonds. The molecule has 146 valence electrons. The van der Waals surface area contributed by atoms with Gasteiger partial charge in [0.25, 0.3) is 0 Å². The molecule has 6 nitrogen and oxygen atoms in total. The van der Waals surface area contributed by atoms with Crippen LogP contribution in [-0.2, 0) is 20.9 Å². The maximum absolute atomic E-state index is 12.5. The van der Waals surface area contributed by atoms with Crippen LogP contribution in [0.15, 0.2) is 36.4 Å². The summed E-state index contributed by atoms with van der Waals surface area (Å²) in [6.45, 7) is 0.166. The number of nitrogens with zero attached hydrogens (tertiary/aromatic N) is 1. The zero-order valence-electron chi connectivity index (χ0n) is 15.9. The fourth-order valence-corrected chi connectivity index (χ4v) is 4.30. The standard InChI is InChI=1S/C22H24N2O4/c1-28-17-9-8-15-10-14(6-7-16(15)11-17)12-23-20(25)13-24-21(26)18-4-2-3-5-19(18)22(24)27/h6-11,18-19H,2-5,12-13H2,1H3,(H,23,25). The molecule has 2 atom stereocenters. The van der Waals surface area contributed by atoms with Crippen molar-refractivity contribution < 1.29 is 19.1 Å². The van der Waals surface area contributed by atoms with Crippen molar-refractivity contribution in [2.24, 2.45) is 11.8 Å². The molecule has 2 unspecified atom stereocenters. The van der Waals surface area contributed by atoms with E-state index in [9.17, 15) is 14.4 Å². The molecule has 0 bridgehead atoms. The highest BCUT2D eigenvalue weighted by Crippen LogP contribution is 2.37. The molecule has 2 aromatic rings. The summed E-state index contributed by atoms with van der Waals surface area (Å²) in [4.78, 5) is 38.4. The Morgan fingerprint density at radius 1 is 1.04 bits per heavy atom. The minimum Gasteiger partial charge on any atom is -0.497 e. The highest BCUT2D eigenvalue weighted by molar-refractivity contribution is 6.07. The van der Waals surface area contributed by atoms with Gasteiger partial charge in [-0.1, -0.05) is 31.0 Å². The van der Waals surface area contributed by atoms with Crippen molar-refractivity contribution >= 4 is 28.5 Å². The number of rotatable bonds is 5. The number of likely N-dealkylation sites (tertiary alicyclic amines) is 1. The van der Waals surface area contributed by atoms with Gasteiger partial charge in [0.15, 0.2) is 0 Å². The number of carbonyl (C=O) groups excluding carboxylic acids is 3. The SMILES string of the molecule is COc1ccc2cc(CNC(=O)CN3C(=O)C4CCCCC4C3=O)ccc2c1. The Morgan fingerprint density at radius 2 is 1.68 bits per heavy atom. The molecule has 2 fully saturated rings. The van der Waals surface area contributed by atoms with E-state index in [0.29, 0.717) is 6.54 Å². The van der Waals surface area contributed by atoms with Crippen molar-refractivity contribution in [3.05, 3.63) is 42.0 Å². The van der Waals surface area contributed by atoms with Crippen LogP contribution in [0, 0.1) is 11.8 Å². The number of amides is 3. The molecule has 2 aliphatic rings. The van der Waals surface area contributed by atoms with Gasteiger partial charge in [-0.15, -0.1) is 0 Å². The van der Waals surface area contributed by atoms with Crippen molar-refractivity contribution in [2.75, 3.05) is 13.7 Å². The summed E-state index contributed by atoms with van der Waals surface area (Å²) in [7, 11) is 1.63. The molecule has 6 heteroatoms. The first kappa shape index (κ1) is 18.5. The average Bonchev–Trinajstić information content (AvgIpc) is 2.97. The Bertz CT molecular complexity index is 915. The predicted molar refractivity (Wildman–Crippen MR) is 105 cm³/mol. The fourth-order valence-electron chi connectivity index (χ4n) is 4.30. The number of nitrogens with one attached hydrogen (secondary N) is 1. The van der Waals surface area contributed by atoms with Crippen LogP contribution in [-0.4, -0.2) is 36.3 Å². The molecule has 0 spiro atoms. The summed E-state index contributed by atoms with van der Waals surface area (Å²) in [5.41, 5.74) is 0.957. The first-order chi connectivity index (χ1) is 13.6. The zero-order valence-corrected chi connectivity index (χ0v) is 15.9. The van der Waals surface area contributed by atoms with Gasteiger partial charge in [0.2, 0.25) is 17.7 Å². The van der Waals surface area contributed by atoms with Crippen LogP contribution in [0.5, 0.6) is 5.75 Å². The maximum atomic E-state index is 12.5. The van der Waals surface area contributed by atoms with Gasteiger partial charge < -0.3 is 10.1 Å². The highest BCUT2D eigenvalue weighted by Gasteiger charge is 2.48. The Hall–Kier alpha value is -2.89. The fraction of sp³-hybridized carbons (Fsp3) is 0.409. The molecule has 0 radical (unpaired) electrons. The third-order valence-corrected chi connectivity index (χ3v) is 5.84. The van der Waals surface area contributed by atoms with Gasteiger partial charge in [0, 0.05) is 6.54 Å². The van der Waals surface area contributed by atoms with E-state index in [1.165, 1.54) is 0 Å². The summed E-state index contributed by atoms with van der Waals surface area (Å²) in [5.74, 6) is -0.295. The normalized spacial score (nSPS) is 21.7. The van der Waals surface area contributed by atoms with Crippen LogP contribution in [0.4, 0.5) is 0 Å². The van der Waals surface area contributed by atoms with E-state index in [0.717, 1.165) is 52.7 Å². The van der Waals surface area contributed by atoms with Gasteiger partial charge in [-0.25, -0.2) is 0 Å². The third-order valence-electron chi connectivity index (χ3n) is 5.84.